The van der Waals surface area contributed by atoms with Crippen LogP contribution in [0.3, 0.4) is 0 Å². The number of aliphatic hydroxyl groups excluding tert-OH is 1. The number of anilines is 1. The van der Waals surface area contributed by atoms with Crippen LogP contribution in [0.2, 0.25) is 0 Å². The van der Waals surface area contributed by atoms with E-state index < -0.39 is 18.2 Å². The Morgan fingerprint density at radius 3 is 2.34 bits per heavy atom. The number of ether oxygens (including phenoxy) is 1. The number of carbonyl (C=O) groups is 4. The van der Waals surface area contributed by atoms with E-state index in [4.69, 9.17) is 4.74 Å². The number of rotatable bonds is 14. The summed E-state index contributed by atoms with van der Waals surface area (Å²) in [6.07, 6.45) is 2.02. The number of piperazine rings is 1. The smallest absolute Gasteiger partial charge is 0.255 e. The Hall–Kier alpha value is -5.38. The number of pyridine rings is 1. The van der Waals surface area contributed by atoms with Gasteiger partial charge in [-0.3, -0.25) is 24.1 Å². The van der Waals surface area contributed by atoms with Crippen LogP contribution in [0.15, 0.2) is 66.3 Å². The molecule has 14 nitrogen and oxygen atoms in total. The molecule has 0 bridgehead atoms. The molecule has 4 amide bonds. The van der Waals surface area contributed by atoms with Crippen LogP contribution in [0.5, 0.6) is 5.75 Å². The van der Waals surface area contributed by atoms with Crippen molar-refractivity contribution in [2.45, 2.75) is 98.6 Å². The number of aryl methyl sites for hydroxylation is 1. The molecule has 8 rings (SSSR count). The van der Waals surface area contributed by atoms with Gasteiger partial charge in [0.2, 0.25) is 11.8 Å². The SMILES string of the molecule is Cc1ncsc1-c1ccc(CNC(=O)[C@@H]2CC(O)CN2C(=O)[C@H](C(C)C)N2Cc3ccc(OCCN4CCN(c5ccc(C(=O)NC6C(C)(C)CC6(C)C)cn5)CC4)cc3C2=O)cc1. The topological polar surface area (TPSA) is 161 Å². The quantitative estimate of drug-likeness (QED) is 0.147. The third-order valence-electron chi connectivity index (χ3n) is 13.6. The summed E-state index contributed by atoms with van der Waals surface area (Å²) < 4.78 is 6.18. The molecule has 0 spiro atoms. The molecular formula is C49H62N8O6S. The fourth-order valence-corrected chi connectivity index (χ4v) is 11.5. The maximum absolute atomic E-state index is 14.3. The minimum atomic E-state index is -0.855. The number of β-amino-alcohol motifs (C(OH)–C–C–N with tert-alkyl or cyclic N) is 1. The summed E-state index contributed by atoms with van der Waals surface area (Å²) in [6.45, 7) is 19.6. The van der Waals surface area contributed by atoms with Gasteiger partial charge < -0.3 is 35.2 Å². The zero-order valence-electron chi connectivity index (χ0n) is 38.1. The molecule has 0 radical (unpaired) electrons. The van der Waals surface area contributed by atoms with E-state index in [0.29, 0.717) is 30.0 Å². The number of thiazole rings is 1. The Labute approximate surface area is 380 Å². The van der Waals surface area contributed by atoms with E-state index in [1.54, 1.807) is 28.5 Å². The Morgan fingerprint density at radius 1 is 0.969 bits per heavy atom. The van der Waals surface area contributed by atoms with Gasteiger partial charge in [0.25, 0.3) is 11.8 Å². The second kappa shape index (κ2) is 18.2. The van der Waals surface area contributed by atoms with Crippen molar-refractivity contribution >= 4 is 40.8 Å². The highest BCUT2D eigenvalue weighted by molar-refractivity contribution is 7.13. The van der Waals surface area contributed by atoms with Gasteiger partial charge in [0, 0.05) is 76.6 Å². The summed E-state index contributed by atoms with van der Waals surface area (Å²) in [6, 6.07) is 15.7. The largest absolute Gasteiger partial charge is 0.492 e. The molecule has 1 aliphatic carbocycles. The Balaban J connectivity index is 0.809. The van der Waals surface area contributed by atoms with Crippen molar-refractivity contribution in [2.75, 3.05) is 50.8 Å². The minimum absolute atomic E-state index is 0.0209. The highest BCUT2D eigenvalue weighted by Gasteiger charge is 2.53. The number of likely N-dealkylation sites (tertiary alicyclic amines) is 1. The molecule has 3 atom stereocenters. The first-order chi connectivity index (χ1) is 30.5. The van der Waals surface area contributed by atoms with Crippen LogP contribution < -0.4 is 20.3 Å². The minimum Gasteiger partial charge on any atom is -0.492 e. The number of aromatic nitrogens is 2. The summed E-state index contributed by atoms with van der Waals surface area (Å²) in [5.41, 5.74) is 6.81. The fourth-order valence-electron chi connectivity index (χ4n) is 10.6. The maximum Gasteiger partial charge on any atom is 0.255 e. The fraction of sp³-hybridized carbons (Fsp3) is 0.510. The molecule has 1 saturated carbocycles. The lowest BCUT2D eigenvalue weighted by atomic mass is 9.52. The third-order valence-corrected chi connectivity index (χ3v) is 14.5. The summed E-state index contributed by atoms with van der Waals surface area (Å²) >= 11 is 1.58. The van der Waals surface area contributed by atoms with Crippen LogP contribution in [-0.4, -0.2) is 124 Å². The van der Waals surface area contributed by atoms with E-state index in [-0.39, 0.29) is 72.5 Å². The Morgan fingerprint density at radius 2 is 1.70 bits per heavy atom. The lowest BCUT2D eigenvalue weighted by Crippen LogP contribution is -2.63. The number of hydrogen-bond donors (Lipinski definition) is 3. The van der Waals surface area contributed by atoms with Crippen LogP contribution in [0, 0.1) is 23.7 Å². The highest BCUT2D eigenvalue weighted by Crippen LogP contribution is 2.53. The molecule has 4 aromatic rings. The predicted molar refractivity (Wildman–Crippen MR) is 247 cm³/mol. The van der Waals surface area contributed by atoms with Gasteiger partial charge >= 0.3 is 0 Å². The molecule has 1 unspecified atom stereocenters. The highest BCUT2D eigenvalue weighted by atomic mass is 32.1. The molecule has 64 heavy (non-hydrogen) atoms. The van der Waals surface area contributed by atoms with Crippen molar-refractivity contribution in [1.29, 1.82) is 0 Å². The van der Waals surface area contributed by atoms with Crippen LogP contribution >= 0.6 is 11.3 Å². The van der Waals surface area contributed by atoms with Gasteiger partial charge in [-0.1, -0.05) is 71.9 Å². The number of nitrogens with zero attached hydrogens (tertiary/aromatic N) is 6. The Kier molecular flexibility index (Phi) is 12.9. The number of aliphatic hydroxyl groups is 1. The molecule has 3 aliphatic heterocycles. The van der Waals surface area contributed by atoms with Gasteiger partial charge in [0.1, 0.15) is 30.3 Å². The molecule has 2 aromatic heterocycles. The standard InChI is InChI=1S/C49H62N8O6S/c1-30(2)41(46(62)56-27-36(58)22-39(56)44(60)51-24-32-8-10-33(11-9-32)42-31(3)52-29-64-42)57-26-35-12-14-37(23-38(35)45(57)61)63-21-20-54-16-18-55(19-17-54)40-15-13-34(25-50-40)43(59)53-47-48(4,5)28-49(47,6)7/h8-15,23,25,29-30,36,39,41,47,58H,16-22,24,26-28H2,1-7H3,(H,51,60)(H,53,59)/t36?,39-,41-/m0/s1. The van der Waals surface area contributed by atoms with Crippen molar-refractivity contribution in [3.63, 3.8) is 0 Å². The first kappa shape index (κ1) is 45.2. The van der Waals surface area contributed by atoms with Gasteiger partial charge in [0.05, 0.1) is 27.7 Å². The number of carbonyl (C=O) groups excluding carboxylic acids is 4. The zero-order chi connectivity index (χ0) is 45.5. The van der Waals surface area contributed by atoms with Gasteiger partial charge in [-0.05, 0) is 71.0 Å². The van der Waals surface area contributed by atoms with Crippen LogP contribution in [-0.2, 0) is 22.7 Å². The molecular weight excluding hydrogens is 829 g/mol. The van der Waals surface area contributed by atoms with E-state index >= 15 is 0 Å². The van der Waals surface area contributed by atoms with Crippen LogP contribution in [0.1, 0.15) is 91.9 Å². The number of nitrogens with one attached hydrogen (secondary N) is 2. The zero-order valence-corrected chi connectivity index (χ0v) is 38.9. The number of fused-ring (bicyclic) bond motifs is 1. The summed E-state index contributed by atoms with van der Waals surface area (Å²) in [5.74, 6) is 0.179. The number of hydrogen-bond acceptors (Lipinski definition) is 11. The van der Waals surface area contributed by atoms with E-state index in [9.17, 15) is 24.3 Å². The normalized spacial score (nSPS) is 21.1. The van der Waals surface area contributed by atoms with Gasteiger partial charge in [-0.25, -0.2) is 9.97 Å². The lowest BCUT2D eigenvalue weighted by Gasteiger charge is -2.57. The number of benzene rings is 2. The molecule has 3 N–H and O–H groups in total. The van der Waals surface area contributed by atoms with Gasteiger partial charge in [0.15, 0.2) is 0 Å². The van der Waals surface area contributed by atoms with Crippen molar-refractivity contribution < 1.29 is 29.0 Å². The lowest BCUT2D eigenvalue weighted by molar-refractivity contribution is -0.143. The molecule has 2 aromatic carbocycles. The molecule has 5 heterocycles. The van der Waals surface area contributed by atoms with Gasteiger partial charge in [-0.2, -0.15) is 0 Å². The van der Waals surface area contributed by atoms with Crippen LogP contribution in [0.4, 0.5) is 5.82 Å². The predicted octanol–water partition coefficient (Wildman–Crippen LogP) is 5.53. The van der Waals surface area contributed by atoms with Crippen LogP contribution in [0.25, 0.3) is 10.4 Å². The van der Waals surface area contributed by atoms with Crippen molar-refractivity contribution in [2.24, 2.45) is 16.7 Å². The second-order valence-electron chi connectivity index (χ2n) is 19.7. The molecule has 2 saturated heterocycles. The second-order valence-corrected chi connectivity index (χ2v) is 20.5. The van der Waals surface area contributed by atoms with E-state index in [0.717, 1.165) is 65.7 Å². The average Bonchev–Trinajstić information content (AvgIpc) is 3.97. The van der Waals surface area contributed by atoms with E-state index in [1.807, 2.05) is 74.8 Å². The summed E-state index contributed by atoms with van der Waals surface area (Å²) in [5, 5.41) is 16.9. The van der Waals surface area contributed by atoms with Crippen molar-refractivity contribution in [3.05, 3.63) is 94.3 Å². The van der Waals surface area contributed by atoms with E-state index in [1.165, 1.54) is 4.90 Å². The van der Waals surface area contributed by atoms with E-state index in [2.05, 4.69) is 58.1 Å². The average molecular weight is 891 g/mol. The molecule has 340 valence electrons. The van der Waals surface area contributed by atoms with Crippen molar-refractivity contribution in [1.82, 2.24) is 35.3 Å². The first-order valence-corrected chi connectivity index (χ1v) is 23.4. The molecule has 15 heteroatoms. The van der Waals surface area contributed by atoms with Crippen molar-refractivity contribution in [3.8, 4) is 16.2 Å². The molecule has 3 fully saturated rings. The summed E-state index contributed by atoms with van der Waals surface area (Å²) in [7, 11) is 0. The monoisotopic (exact) mass is 890 g/mol. The van der Waals surface area contributed by atoms with Gasteiger partial charge in [-0.15, -0.1) is 11.3 Å². The first-order valence-electron chi connectivity index (χ1n) is 22.6. The maximum atomic E-state index is 14.3. The number of amides is 4. The Bertz CT molecular complexity index is 2340. The summed E-state index contributed by atoms with van der Waals surface area (Å²) in [4.78, 5) is 72.7. The third kappa shape index (κ3) is 9.38. The molecule has 4 aliphatic rings.